The quantitative estimate of drug-likeness (QED) is 0.927. The van der Waals surface area contributed by atoms with Crippen LogP contribution in [0.1, 0.15) is 36.2 Å². The van der Waals surface area contributed by atoms with Crippen molar-refractivity contribution in [1.29, 1.82) is 0 Å². The number of aromatic nitrogens is 2. The molecule has 1 fully saturated rings. The van der Waals surface area contributed by atoms with E-state index < -0.39 is 0 Å². The standard InChI is InChI=1S/C17H23N3/c1-13-11-15(20(2)19-13)12-16(18)17(9-6-10-17)14-7-4-3-5-8-14/h3-5,7-8,11,16H,6,9-10,12,18H2,1-2H3. The molecule has 1 heterocycles. The molecule has 3 heteroatoms. The van der Waals surface area contributed by atoms with Crippen molar-refractivity contribution < 1.29 is 0 Å². The minimum Gasteiger partial charge on any atom is -0.327 e. The zero-order valence-electron chi connectivity index (χ0n) is 12.3. The first-order valence-electron chi connectivity index (χ1n) is 7.42. The van der Waals surface area contributed by atoms with Crippen LogP contribution in [0.25, 0.3) is 0 Å². The molecule has 3 rings (SSSR count). The molecular formula is C17H23N3. The van der Waals surface area contributed by atoms with E-state index in [1.54, 1.807) is 0 Å². The van der Waals surface area contributed by atoms with E-state index in [0.29, 0.717) is 0 Å². The van der Waals surface area contributed by atoms with Gasteiger partial charge >= 0.3 is 0 Å². The summed E-state index contributed by atoms with van der Waals surface area (Å²) >= 11 is 0. The fourth-order valence-electron chi connectivity index (χ4n) is 3.48. The van der Waals surface area contributed by atoms with Gasteiger partial charge in [-0.2, -0.15) is 5.10 Å². The third-order valence-corrected chi connectivity index (χ3v) is 4.83. The molecule has 0 aliphatic heterocycles. The summed E-state index contributed by atoms with van der Waals surface area (Å²) < 4.78 is 1.96. The maximum Gasteiger partial charge on any atom is 0.0596 e. The van der Waals surface area contributed by atoms with Gasteiger partial charge in [-0.05, 0) is 31.4 Å². The largest absolute Gasteiger partial charge is 0.327 e. The van der Waals surface area contributed by atoms with Crippen LogP contribution in [0.3, 0.4) is 0 Å². The molecule has 1 aromatic carbocycles. The van der Waals surface area contributed by atoms with Crippen LogP contribution < -0.4 is 5.73 Å². The fourth-order valence-corrected chi connectivity index (χ4v) is 3.48. The molecule has 0 bridgehead atoms. The summed E-state index contributed by atoms with van der Waals surface area (Å²) in [7, 11) is 2.00. The van der Waals surface area contributed by atoms with Crippen molar-refractivity contribution in [3.8, 4) is 0 Å². The average molecular weight is 269 g/mol. The Morgan fingerprint density at radius 3 is 2.50 bits per heavy atom. The van der Waals surface area contributed by atoms with Crippen LogP contribution in [-0.2, 0) is 18.9 Å². The highest BCUT2D eigenvalue weighted by Crippen LogP contribution is 2.46. The molecule has 20 heavy (non-hydrogen) atoms. The van der Waals surface area contributed by atoms with Crippen molar-refractivity contribution in [3.05, 3.63) is 53.3 Å². The van der Waals surface area contributed by atoms with E-state index in [0.717, 1.165) is 12.1 Å². The predicted molar refractivity (Wildman–Crippen MR) is 81.6 cm³/mol. The highest BCUT2D eigenvalue weighted by atomic mass is 15.3. The molecule has 1 atom stereocenters. The van der Waals surface area contributed by atoms with Crippen LogP contribution in [0.2, 0.25) is 0 Å². The molecule has 0 radical (unpaired) electrons. The molecule has 1 aromatic heterocycles. The van der Waals surface area contributed by atoms with Crippen molar-refractivity contribution in [2.75, 3.05) is 0 Å². The molecule has 1 saturated carbocycles. The van der Waals surface area contributed by atoms with Crippen molar-refractivity contribution in [3.63, 3.8) is 0 Å². The maximum absolute atomic E-state index is 6.62. The van der Waals surface area contributed by atoms with E-state index in [9.17, 15) is 0 Å². The Morgan fingerprint density at radius 2 is 2.00 bits per heavy atom. The predicted octanol–water partition coefficient (Wildman–Crippen LogP) is 2.72. The second kappa shape index (κ2) is 5.06. The minimum absolute atomic E-state index is 0.161. The Balaban J connectivity index is 1.85. The Morgan fingerprint density at radius 1 is 1.30 bits per heavy atom. The lowest BCUT2D eigenvalue weighted by Crippen LogP contribution is -2.51. The molecule has 1 aliphatic carbocycles. The molecule has 0 amide bonds. The van der Waals surface area contributed by atoms with Gasteiger partial charge in [-0.3, -0.25) is 4.68 Å². The highest BCUT2D eigenvalue weighted by molar-refractivity contribution is 5.31. The zero-order chi connectivity index (χ0) is 14.2. The first-order valence-corrected chi connectivity index (χ1v) is 7.42. The lowest BCUT2D eigenvalue weighted by molar-refractivity contribution is 0.193. The Hall–Kier alpha value is -1.61. The number of hydrogen-bond acceptors (Lipinski definition) is 2. The summed E-state index contributed by atoms with van der Waals surface area (Å²) in [6, 6.07) is 13.1. The summed E-state index contributed by atoms with van der Waals surface area (Å²) in [6.07, 6.45) is 4.59. The van der Waals surface area contributed by atoms with Gasteiger partial charge in [0.15, 0.2) is 0 Å². The average Bonchev–Trinajstić information content (AvgIpc) is 2.68. The summed E-state index contributed by atoms with van der Waals surface area (Å²) in [6.45, 7) is 2.03. The smallest absolute Gasteiger partial charge is 0.0596 e. The molecule has 106 valence electrons. The summed E-state index contributed by atoms with van der Waals surface area (Å²) in [5, 5.41) is 4.42. The lowest BCUT2D eigenvalue weighted by Gasteiger charge is -2.47. The summed E-state index contributed by atoms with van der Waals surface area (Å²) in [4.78, 5) is 0. The molecule has 3 nitrogen and oxygen atoms in total. The SMILES string of the molecule is Cc1cc(CC(N)C2(c3ccccc3)CCC2)n(C)n1. The first-order chi connectivity index (χ1) is 9.62. The van der Waals surface area contributed by atoms with Crippen molar-refractivity contribution in [2.24, 2.45) is 12.8 Å². The Kier molecular flexibility index (Phi) is 3.38. The van der Waals surface area contributed by atoms with Crippen molar-refractivity contribution in [2.45, 2.75) is 44.1 Å². The van der Waals surface area contributed by atoms with Crippen LogP contribution in [-0.4, -0.2) is 15.8 Å². The molecule has 2 aromatic rings. The van der Waals surface area contributed by atoms with E-state index in [-0.39, 0.29) is 11.5 Å². The number of benzene rings is 1. The van der Waals surface area contributed by atoms with Gasteiger partial charge in [0.2, 0.25) is 0 Å². The first kappa shape index (κ1) is 13.4. The maximum atomic E-state index is 6.62. The molecule has 2 N–H and O–H groups in total. The van der Waals surface area contributed by atoms with E-state index in [1.807, 2.05) is 18.7 Å². The van der Waals surface area contributed by atoms with Gasteiger partial charge in [0, 0.05) is 30.6 Å². The van der Waals surface area contributed by atoms with Crippen molar-refractivity contribution in [1.82, 2.24) is 9.78 Å². The Bertz CT molecular complexity index is 582. The van der Waals surface area contributed by atoms with Gasteiger partial charge in [-0.1, -0.05) is 36.8 Å². The summed E-state index contributed by atoms with van der Waals surface area (Å²) in [5.41, 5.74) is 10.5. The number of rotatable bonds is 4. The van der Waals surface area contributed by atoms with Crippen LogP contribution >= 0.6 is 0 Å². The number of aryl methyl sites for hydroxylation is 2. The highest BCUT2D eigenvalue weighted by Gasteiger charge is 2.43. The second-order valence-electron chi connectivity index (χ2n) is 6.09. The van der Waals surface area contributed by atoms with Gasteiger partial charge in [-0.25, -0.2) is 0 Å². The van der Waals surface area contributed by atoms with Crippen LogP contribution in [0.15, 0.2) is 36.4 Å². The third-order valence-electron chi connectivity index (χ3n) is 4.83. The van der Waals surface area contributed by atoms with Gasteiger partial charge in [0.25, 0.3) is 0 Å². The van der Waals surface area contributed by atoms with Gasteiger partial charge in [-0.15, -0.1) is 0 Å². The van der Waals surface area contributed by atoms with E-state index in [4.69, 9.17) is 5.73 Å². The monoisotopic (exact) mass is 269 g/mol. The topological polar surface area (TPSA) is 43.8 Å². The molecule has 0 spiro atoms. The fraction of sp³-hybridized carbons (Fsp3) is 0.471. The normalized spacial score (nSPS) is 18.6. The van der Waals surface area contributed by atoms with Gasteiger partial charge in [0.1, 0.15) is 0 Å². The molecule has 1 unspecified atom stereocenters. The van der Waals surface area contributed by atoms with Gasteiger partial charge < -0.3 is 5.73 Å². The van der Waals surface area contributed by atoms with E-state index in [1.165, 1.54) is 30.5 Å². The van der Waals surface area contributed by atoms with Crippen molar-refractivity contribution >= 4 is 0 Å². The molecule has 1 aliphatic rings. The van der Waals surface area contributed by atoms with Crippen LogP contribution in [0.5, 0.6) is 0 Å². The number of hydrogen-bond donors (Lipinski definition) is 1. The van der Waals surface area contributed by atoms with Crippen LogP contribution in [0, 0.1) is 6.92 Å². The Labute approximate surface area is 120 Å². The minimum atomic E-state index is 0.161. The van der Waals surface area contributed by atoms with E-state index in [2.05, 4.69) is 41.5 Å². The zero-order valence-corrected chi connectivity index (χ0v) is 12.3. The third kappa shape index (κ3) is 2.16. The number of nitrogens with zero attached hydrogens (tertiary/aromatic N) is 2. The second-order valence-corrected chi connectivity index (χ2v) is 6.09. The molecular weight excluding hydrogens is 246 g/mol. The summed E-state index contributed by atoms with van der Waals surface area (Å²) in [5.74, 6) is 0. The van der Waals surface area contributed by atoms with E-state index >= 15 is 0 Å². The van der Waals surface area contributed by atoms with Crippen LogP contribution in [0.4, 0.5) is 0 Å². The van der Waals surface area contributed by atoms with Gasteiger partial charge in [0.05, 0.1) is 5.69 Å². The number of nitrogens with two attached hydrogens (primary N) is 1. The molecule has 0 saturated heterocycles. The lowest BCUT2D eigenvalue weighted by atomic mass is 9.59.